The molecular formula is C8H10N2O4S. The second-order valence-electron chi connectivity index (χ2n) is 2.71. The Kier molecular flexibility index (Phi) is 3.25. The fourth-order valence-corrected chi connectivity index (χ4v) is 1.48. The van der Waals surface area contributed by atoms with Crippen LogP contribution in [0, 0.1) is 0 Å². The van der Waals surface area contributed by atoms with Crippen LogP contribution in [0.25, 0.3) is 0 Å². The summed E-state index contributed by atoms with van der Waals surface area (Å²) in [4.78, 5) is 14.4. The van der Waals surface area contributed by atoms with Gasteiger partial charge in [0.2, 0.25) is 10.0 Å². The van der Waals surface area contributed by atoms with Gasteiger partial charge in [-0.1, -0.05) is 0 Å². The van der Waals surface area contributed by atoms with Gasteiger partial charge in [0.15, 0.2) is 5.82 Å². The molecule has 1 heterocycles. The number of sulfonamides is 1. The molecule has 0 saturated heterocycles. The smallest absolute Gasteiger partial charge is 0.339 e. The van der Waals surface area contributed by atoms with Crippen molar-refractivity contribution < 1.29 is 18.3 Å². The third kappa shape index (κ3) is 2.91. The first-order valence-electron chi connectivity index (χ1n) is 4.15. The Morgan fingerprint density at radius 2 is 2.27 bits per heavy atom. The van der Waals surface area contributed by atoms with Crippen molar-refractivity contribution in [2.75, 3.05) is 10.5 Å². The maximum Gasteiger partial charge on any atom is 0.339 e. The van der Waals surface area contributed by atoms with Gasteiger partial charge in [-0.15, -0.1) is 0 Å². The number of nitrogens with one attached hydrogen (secondary N) is 1. The quantitative estimate of drug-likeness (QED) is 0.787. The van der Waals surface area contributed by atoms with Crippen LogP contribution in [0.4, 0.5) is 5.82 Å². The largest absolute Gasteiger partial charge is 0.478 e. The molecule has 0 atom stereocenters. The Hall–Kier alpha value is -1.63. The summed E-state index contributed by atoms with van der Waals surface area (Å²) in [7, 11) is -3.50. The van der Waals surface area contributed by atoms with Crippen LogP contribution >= 0.6 is 0 Å². The molecule has 0 aromatic carbocycles. The van der Waals surface area contributed by atoms with Crippen molar-refractivity contribution in [1.29, 1.82) is 0 Å². The third-order valence-corrected chi connectivity index (χ3v) is 2.93. The molecule has 0 amide bonds. The highest BCUT2D eigenvalue weighted by atomic mass is 32.2. The lowest BCUT2D eigenvalue weighted by Crippen LogP contribution is -2.17. The van der Waals surface area contributed by atoms with Crippen LogP contribution in [-0.2, 0) is 10.0 Å². The van der Waals surface area contributed by atoms with Crippen LogP contribution in [0.3, 0.4) is 0 Å². The maximum atomic E-state index is 11.2. The summed E-state index contributed by atoms with van der Waals surface area (Å²) in [6, 6.07) is 2.70. The Bertz CT molecular complexity index is 469. The zero-order chi connectivity index (χ0) is 11.5. The van der Waals surface area contributed by atoms with E-state index in [1.165, 1.54) is 25.3 Å². The maximum absolute atomic E-state index is 11.2. The lowest BCUT2D eigenvalue weighted by molar-refractivity contribution is 0.0697. The average molecular weight is 230 g/mol. The normalized spacial score (nSPS) is 11.0. The molecule has 0 spiro atoms. The molecule has 0 unspecified atom stereocenters. The zero-order valence-corrected chi connectivity index (χ0v) is 8.78. The number of carboxylic acids is 1. The number of carbonyl (C=O) groups is 1. The van der Waals surface area contributed by atoms with Gasteiger partial charge in [0, 0.05) is 6.20 Å². The van der Waals surface area contributed by atoms with E-state index in [-0.39, 0.29) is 17.1 Å². The molecule has 7 heteroatoms. The second-order valence-corrected chi connectivity index (χ2v) is 4.72. The molecule has 0 aliphatic heterocycles. The van der Waals surface area contributed by atoms with Crippen molar-refractivity contribution in [3.05, 3.63) is 23.9 Å². The van der Waals surface area contributed by atoms with Crippen molar-refractivity contribution in [2.24, 2.45) is 0 Å². The van der Waals surface area contributed by atoms with Gasteiger partial charge in [0.1, 0.15) is 5.56 Å². The van der Waals surface area contributed by atoms with Crippen LogP contribution in [0.1, 0.15) is 17.3 Å². The molecule has 1 rings (SSSR count). The molecule has 0 aliphatic carbocycles. The van der Waals surface area contributed by atoms with E-state index in [0.29, 0.717) is 0 Å². The van der Waals surface area contributed by atoms with E-state index < -0.39 is 16.0 Å². The molecule has 6 nitrogen and oxygen atoms in total. The summed E-state index contributed by atoms with van der Waals surface area (Å²) in [5, 5.41) is 8.76. The number of rotatable bonds is 4. The lowest BCUT2D eigenvalue weighted by Gasteiger charge is -2.06. The van der Waals surface area contributed by atoms with Gasteiger partial charge in [-0.25, -0.2) is 18.2 Å². The fourth-order valence-electron chi connectivity index (χ4n) is 0.879. The first-order chi connectivity index (χ1) is 6.96. The monoisotopic (exact) mass is 230 g/mol. The zero-order valence-electron chi connectivity index (χ0n) is 7.97. The van der Waals surface area contributed by atoms with E-state index in [4.69, 9.17) is 5.11 Å². The predicted molar refractivity (Wildman–Crippen MR) is 54.3 cm³/mol. The summed E-state index contributed by atoms with van der Waals surface area (Å²) < 4.78 is 24.5. The number of anilines is 1. The minimum atomic E-state index is -3.50. The minimum Gasteiger partial charge on any atom is -0.478 e. The van der Waals surface area contributed by atoms with Gasteiger partial charge in [-0.2, -0.15) is 0 Å². The Morgan fingerprint density at radius 1 is 1.60 bits per heavy atom. The van der Waals surface area contributed by atoms with Crippen molar-refractivity contribution in [1.82, 2.24) is 4.98 Å². The van der Waals surface area contributed by atoms with E-state index in [1.54, 1.807) is 0 Å². The van der Waals surface area contributed by atoms with Gasteiger partial charge in [-0.05, 0) is 19.1 Å². The van der Waals surface area contributed by atoms with Gasteiger partial charge in [-0.3, -0.25) is 4.72 Å². The van der Waals surface area contributed by atoms with Gasteiger partial charge in [0.25, 0.3) is 0 Å². The van der Waals surface area contributed by atoms with Crippen LogP contribution < -0.4 is 4.72 Å². The Balaban J connectivity index is 3.10. The molecule has 0 saturated carbocycles. The average Bonchev–Trinajstić information content (AvgIpc) is 2.18. The van der Waals surface area contributed by atoms with Crippen molar-refractivity contribution in [2.45, 2.75) is 6.92 Å². The third-order valence-electron chi connectivity index (χ3n) is 1.67. The summed E-state index contributed by atoms with van der Waals surface area (Å²) in [5.41, 5.74) is -0.172. The fraction of sp³-hybridized carbons (Fsp3) is 0.250. The van der Waals surface area contributed by atoms with Crippen molar-refractivity contribution in [3.8, 4) is 0 Å². The lowest BCUT2D eigenvalue weighted by atomic mass is 10.3. The molecule has 2 N–H and O–H groups in total. The van der Waals surface area contributed by atoms with Gasteiger partial charge >= 0.3 is 5.97 Å². The summed E-state index contributed by atoms with van der Waals surface area (Å²) in [5.74, 6) is -1.52. The molecule has 15 heavy (non-hydrogen) atoms. The van der Waals surface area contributed by atoms with Crippen LogP contribution in [0.15, 0.2) is 18.3 Å². The summed E-state index contributed by atoms with van der Waals surface area (Å²) >= 11 is 0. The number of aromatic carboxylic acids is 1. The summed E-state index contributed by atoms with van der Waals surface area (Å²) in [6.45, 7) is 1.45. The first kappa shape index (κ1) is 11.4. The van der Waals surface area contributed by atoms with E-state index in [0.717, 1.165) is 0 Å². The number of hydrogen-bond donors (Lipinski definition) is 2. The Morgan fingerprint density at radius 3 is 2.80 bits per heavy atom. The predicted octanol–water partition coefficient (Wildman–Crippen LogP) is 0.541. The van der Waals surface area contributed by atoms with Crippen LogP contribution in [0.5, 0.6) is 0 Å². The molecule has 0 bridgehead atoms. The number of pyridine rings is 1. The molecule has 1 aromatic heterocycles. The molecule has 0 aliphatic rings. The van der Waals surface area contributed by atoms with Crippen molar-refractivity contribution >= 4 is 21.8 Å². The number of hydrogen-bond acceptors (Lipinski definition) is 4. The number of carboxylic acid groups (broad SMARTS) is 1. The van der Waals surface area contributed by atoms with Gasteiger partial charge < -0.3 is 5.11 Å². The summed E-state index contributed by atoms with van der Waals surface area (Å²) in [6.07, 6.45) is 1.32. The molecule has 82 valence electrons. The molecule has 0 fully saturated rings. The van der Waals surface area contributed by atoms with E-state index in [2.05, 4.69) is 9.71 Å². The van der Waals surface area contributed by atoms with E-state index in [9.17, 15) is 13.2 Å². The first-order valence-corrected chi connectivity index (χ1v) is 5.80. The topological polar surface area (TPSA) is 96.4 Å². The standard InChI is InChI=1S/C8H10N2O4S/c1-2-15(13,14)10-7-6(8(11)12)4-3-5-9-7/h3-5H,2H2,1H3,(H,9,10)(H,11,12). The van der Waals surface area contributed by atoms with E-state index in [1.807, 2.05) is 0 Å². The molecule has 0 radical (unpaired) electrons. The van der Waals surface area contributed by atoms with Gasteiger partial charge in [0.05, 0.1) is 5.75 Å². The minimum absolute atomic E-state index is 0.136. The van der Waals surface area contributed by atoms with Crippen LogP contribution in [0.2, 0.25) is 0 Å². The van der Waals surface area contributed by atoms with E-state index >= 15 is 0 Å². The Labute approximate surface area is 87.0 Å². The highest BCUT2D eigenvalue weighted by molar-refractivity contribution is 7.92. The molecular weight excluding hydrogens is 220 g/mol. The highest BCUT2D eigenvalue weighted by Gasteiger charge is 2.15. The van der Waals surface area contributed by atoms with Crippen LogP contribution in [-0.4, -0.2) is 30.2 Å². The highest BCUT2D eigenvalue weighted by Crippen LogP contribution is 2.12. The number of aromatic nitrogens is 1. The van der Waals surface area contributed by atoms with Crippen molar-refractivity contribution in [3.63, 3.8) is 0 Å². The molecule has 1 aromatic rings. The second kappa shape index (κ2) is 4.26. The number of nitrogens with zero attached hydrogens (tertiary/aromatic N) is 1. The SMILES string of the molecule is CCS(=O)(=O)Nc1ncccc1C(=O)O.